The lowest BCUT2D eigenvalue weighted by Gasteiger charge is -2.37. The Morgan fingerprint density at radius 3 is 2.83 bits per heavy atom. The fourth-order valence-corrected chi connectivity index (χ4v) is 2.99. The van der Waals surface area contributed by atoms with Crippen LogP contribution in [0.2, 0.25) is 0 Å². The SMILES string of the molecule is C[C@@H]1CC(C)(C)C2CNCCN21. The van der Waals surface area contributed by atoms with Crippen molar-refractivity contribution in [1.29, 1.82) is 0 Å². The molecule has 0 amide bonds. The van der Waals surface area contributed by atoms with E-state index in [1.807, 2.05) is 0 Å². The Morgan fingerprint density at radius 2 is 2.17 bits per heavy atom. The highest BCUT2D eigenvalue weighted by Crippen LogP contribution is 2.40. The third-order valence-corrected chi connectivity index (χ3v) is 3.57. The van der Waals surface area contributed by atoms with Gasteiger partial charge in [0.1, 0.15) is 0 Å². The lowest BCUT2D eigenvalue weighted by molar-refractivity contribution is 0.129. The molecule has 0 radical (unpaired) electrons. The monoisotopic (exact) mass is 168 g/mol. The van der Waals surface area contributed by atoms with Crippen LogP contribution in [0.3, 0.4) is 0 Å². The van der Waals surface area contributed by atoms with E-state index in [2.05, 4.69) is 31.0 Å². The van der Waals surface area contributed by atoms with Gasteiger partial charge in [0.05, 0.1) is 0 Å². The van der Waals surface area contributed by atoms with Crippen LogP contribution in [-0.4, -0.2) is 36.6 Å². The topological polar surface area (TPSA) is 15.3 Å². The van der Waals surface area contributed by atoms with Crippen LogP contribution < -0.4 is 5.32 Å². The smallest absolute Gasteiger partial charge is 0.0275 e. The quantitative estimate of drug-likeness (QED) is 0.582. The summed E-state index contributed by atoms with van der Waals surface area (Å²) in [5.41, 5.74) is 0.521. The molecule has 0 aromatic carbocycles. The molecule has 2 heterocycles. The first-order valence-electron chi connectivity index (χ1n) is 5.08. The van der Waals surface area contributed by atoms with Gasteiger partial charge in [-0.3, -0.25) is 4.90 Å². The molecule has 12 heavy (non-hydrogen) atoms. The first-order chi connectivity index (χ1) is 5.61. The Balaban J connectivity index is 2.16. The minimum Gasteiger partial charge on any atom is -0.314 e. The van der Waals surface area contributed by atoms with E-state index in [1.165, 1.54) is 26.1 Å². The minimum atomic E-state index is 0.521. The standard InChI is InChI=1S/C10H20N2/c1-8-6-10(2,3)9-7-11-4-5-12(8)9/h8-9,11H,4-7H2,1-3H3/t8-,9?/m1/s1. The number of nitrogens with one attached hydrogen (secondary N) is 1. The van der Waals surface area contributed by atoms with Gasteiger partial charge >= 0.3 is 0 Å². The van der Waals surface area contributed by atoms with E-state index in [1.54, 1.807) is 0 Å². The lowest BCUT2D eigenvalue weighted by Crippen LogP contribution is -2.53. The Hall–Kier alpha value is -0.0800. The third kappa shape index (κ3) is 1.17. The van der Waals surface area contributed by atoms with Crippen LogP contribution in [0.4, 0.5) is 0 Å². The zero-order valence-electron chi connectivity index (χ0n) is 8.43. The summed E-state index contributed by atoms with van der Waals surface area (Å²) in [6, 6.07) is 1.58. The maximum Gasteiger partial charge on any atom is 0.0275 e. The number of hydrogen-bond acceptors (Lipinski definition) is 2. The van der Waals surface area contributed by atoms with Gasteiger partial charge in [-0.1, -0.05) is 13.8 Å². The molecule has 1 N–H and O–H groups in total. The van der Waals surface area contributed by atoms with Crippen molar-refractivity contribution in [2.45, 2.75) is 39.3 Å². The zero-order chi connectivity index (χ0) is 8.77. The van der Waals surface area contributed by atoms with E-state index in [4.69, 9.17) is 0 Å². The Bertz CT molecular complexity index is 177. The summed E-state index contributed by atoms with van der Waals surface area (Å²) in [6.45, 7) is 10.8. The van der Waals surface area contributed by atoms with Gasteiger partial charge < -0.3 is 5.32 Å². The van der Waals surface area contributed by atoms with Gasteiger partial charge in [-0.2, -0.15) is 0 Å². The summed E-state index contributed by atoms with van der Waals surface area (Å²) in [6.07, 6.45) is 1.36. The molecule has 2 nitrogen and oxygen atoms in total. The van der Waals surface area contributed by atoms with Crippen molar-refractivity contribution in [3.05, 3.63) is 0 Å². The van der Waals surface area contributed by atoms with E-state index < -0.39 is 0 Å². The van der Waals surface area contributed by atoms with Crippen LogP contribution in [0, 0.1) is 5.41 Å². The molecule has 2 rings (SSSR count). The molecule has 2 saturated heterocycles. The summed E-state index contributed by atoms with van der Waals surface area (Å²) in [5, 5.41) is 3.49. The molecule has 2 aliphatic rings. The van der Waals surface area contributed by atoms with E-state index in [-0.39, 0.29) is 0 Å². The fraction of sp³-hybridized carbons (Fsp3) is 1.00. The van der Waals surface area contributed by atoms with Crippen molar-refractivity contribution in [3.8, 4) is 0 Å². The first-order valence-corrected chi connectivity index (χ1v) is 5.08. The maximum absolute atomic E-state index is 3.49. The number of fused-ring (bicyclic) bond motifs is 1. The molecule has 0 aromatic heterocycles. The summed E-state index contributed by atoms with van der Waals surface area (Å²) < 4.78 is 0. The lowest BCUT2D eigenvalue weighted by atomic mass is 9.83. The summed E-state index contributed by atoms with van der Waals surface area (Å²) >= 11 is 0. The van der Waals surface area contributed by atoms with Gasteiger partial charge in [0, 0.05) is 31.7 Å². The largest absolute Gasteiger partial charge is 0.314 e. The van der Waals surface area contributed by atoms with E-state index >= 15 is 0 Å². The molecule has 0 saturated carbocycles. The van der Waals surface area contributed by atoms with Crippen molar-refractivity contribution in [3.63, 3.8) is 0 Å². The van der Waals surface area contributed by atoms with Crippen molar-refractivity contribution in [1.82, 2.24) is 10.2 Å². The molecule has 1 unspecified atom stereocenters. The molecule has 2 heteroatoms. The molecule has 70 valence electrons. The molecule has 0 aliphatic carbocycles. The molecular weight excluding hydrogens is 148 g/mol. The van der Waals surface area contributed by atoms with E-state index in [0.29, 0.717) is 5.41 Å². The average molecular weight is 168 g/mol. The van der Waals surface area contributed by atoms with Gasteiger partial charge in [0.15, 0.2) is 0 Å². The van der Waals surface area contributed by atoms with Crippen molar-refractivity contribution in [2.24, 2.45) is 5.41 Å². The summed E-state index contributed by atoms with van der Waals surface area (Å²) in [4.78, 5) is 2.68. The third-order valence-electron chi connectivity index (χ3n) is 3.57. The molecule has 2 atom stereocenters. The molecule has 2 fully saturated rings. The second-order valence-corrected chi connectivity index (χ2v) is 5.00. The predicted octanol–water partition coefficient (Wildman–Crippen LogP) is 1.08. The van der Waals surface area contributed by atoms with Crippen LogP contribution in [0.1, 0.15) is 27.2 Å². The van der Waals surface area contributed by atoms with Crippen molar-refractivity contribution in [2.75, 3.05) is 19.6 Å². The Kier molecular flexibility index (Phi) is 1.92. The van der Waals surface area contributed by atoms with Crippen LogP contribution in [0.25, 0.3) is 0 Å². The minimum absolute atomic E-state index is 0.521. The van der Waals surface area contributed by atoms with Gasteiger partial charge in [0.2, 0.25) is 0 Å². The van der Waals surface area contributed by atoms with Crippen LogP contribution in [0.15, 0.2) is 0 Å². The number of nitrogens with zero attached hydrogens (tertiary/aromatic N) is 1. The highest BCUT2D eigenvalue weighted by Gasteiger charge is 2.44. The second-order valence-electron chi connectivity index (χ2n) is 5.00. The molecule has 0 spiro atoms. The summed E-state index contributed by atoms with van der Waals surface area (Å²) in [5.74, 6) is 0. The molecule has 2 aliphatic heterocycles. The predicted molar refractivity (Wildman–Crippen MR) is 51.2 cm³/mol. The van der Waals surface area contributed by atoms with Crippen LogP contribution in [-0.2, 0) is 0 Å². The highest BCUT2D eigenvalue weighted by molar-refractivity contribution is 5.00. The van der Waals surface area contributed by atoms with Crippen molar-refractivity contribution < 1.29 is 0 Å². The molecule has 0 bridgehead atoms. The fourth-order valence-electron chi connectivity index (χ4n) is 2.99. The van der Waals surface area contributed by atoms with E-state index in [0.717, 1.165) is 12.1 Å². The van der Waals surface area contributed by atoms with Gasteiger partial charge in [0.25, 0.3) is 0 Å². The van der Waals surface area contributed by atoms with Gasteiger partial charge in [-0.15, -0.1) is 0 Å². The van der Waals surface area contributed by atoms with Gasteiger partial charge in [-0.25, -0.2) is 0 Å². The Morgan fingerprint density at radius 1 is 1.42 bits per heavy atom. The normalized spacial score (nSPS) is 41.2. The molecule has 0 aromatic rings. The maximum atomic E-state index is 3.49. The number of rotatable bonds is 0. The number of piperazine rings is 1. The average Bonchev–Trinajstić information content (AvgIpc) is 2.25. The van der Waals surface area contributed by atoms with Crippen molar-refractivity contribution >= 4 is 0 Å². The highest BCUT2D eigenvalue weighted by atomic mass is 15.3. The first kappa shape index (κ1) is 8.52. The zero-order valence-corrected chi connectivity index (χ0v) is 8.43. The van der Waals surface area contributed by atoms with Crippen LogP contribution in [0.5, 0.6) is 0 Å². The molecular formula is C10H20N2. The van der Waals surface area contributed by atoms with Crippen LogP contribution >= 0.6 is 0 Å². The van der Waals surface area contributed by atoms with E-state index in [9.17, 15) is 0 Å². The number of hydrogen-bond donors (Lipinski definition) is 1. The van der Waals surface area contributed by atoms with Gasteiger partial charge in [-0.05, 0) is 18.8 Å². The second kappa shape index (κ2) is 2.71. The summed E-state index contributed by atoms with van der Waals surface area (Å²) in [7, 11) is 0. The Labute approximate surface area is 75.3 Å².